The van der Waals surface area contributed by atoms with Crippen LogP contribution in [-0.4, -0.2) is 11.1 Å². The average Bonchev–Trinajstić information content (AvgIpc) is 2.62. The van der Waals surface area contributed by atoms with Gasteiger partial charge in [0, 0.05) is 17.1 Å². The highest BCUT2D eigenvalue weighted by Crippen LogP contribution is 2.04. The zero-order chi connectivity index (χ0) is 19.5. The second kappa shape index (κ2) is 10.4. The van der Waals surface area contributed by atoms with Crippen LogP contribution in [0, 0.1) is 13.8 Å². The van der Waals surface area contributed by atoms with Crippen molar-refractivity contribution in [3.8, 4) is 0 Å². The van der Waals surface area contributed by atoms with Crippen LogP contribution in [-0.2, 0) is 0 Å². The largest absolute Gasteiger partial charge is 0.478 e. The molecule has 136 valence electrons. The molecule has 5 heteroatoms. The van der Waals surface area contributed by atoms with Crippen LogP contribution >= 0.6 is 0 Å². The molecule has 0 fully saturated rings. The van der Waals surface area contributed by atoms with Crippen molar-refractivity contribution >= 4 is 23.0 Å². The first kappa shape index (κ1) is 20.6. The van der Waals surface area contributed by atoms with Gasteiger partial charge in [-0.25, -0.2) is 4.79 Å². The summed E-state index contributed by atoms with van der Waals surface area (Å²) in [5.41, 5.74) is 21.2. The van der Waals surface area contributed by atoms with E-state index < -0.39 is 5.97 Å². The fraction of sp³-hybridized carbons (Fsp3) is 0.0952. The monoisotopic (exact) mass is 351 g/mol. The number of carboxylic acids is 1. The van der Waals surface area contributed by atoms with Crippen LogP contribution in [0.4, 0.5) is 17.1 Å². The number of hydrogen-bond acceptors (Lipinski definition) is 4. The van der Waals surface area contributed by atoms with Crippen molar-refractivity contribution in [2.45, 2.75) is 13.8 Å². The molecule has 0 atom stereocenters. The number of aryl methyl sites for hydroxylation is 2. The third kappa shape index (κ3) is 8.40. The highest BCUT2D eigenvalue weighted by molar-refractivity contribution is 5.87. The van der Waals surface area contributed by atoms with Crippen molar-refractivity contribution in [1.29, 1.82) is 0 Å². The lowest BCUT2D eigenvalue weighted by molar-refractivity contribution is 0.0697. The topological polar surface area (TPSA) is 115 Å². The molecule has 0 saturated heterocycles. The maximum Gasteiger partial charge on any atom is 0.335 e. The molecule has 0 aliphatic carbocycles. The minimum Gasteiger partial charge on any atom is -0.478 e. The molecule has 0 saturated carbocycles. The Kier molecular flexibility index (Phi) is 8.23. The Morgan fingerprint density at radius 2 is 0.885 bits per heavy atom. The lowest BCUT2D eigenvalue weighted by Gasteiger charge is -1.93. The zero-order valence-electron chi connectivity index (χ0n) is 15.0. The van der Waals surface area contributed by atoms with E-state index in [2.05, 4.69) is 0 Å². The molecular weight excluding hydrogens is 326 g/mol. The molecule has 0 aliphatic heterocycles. The van der Waals surface area contributed by atoms with Gasteiger partial charge in [-0.05, 0) is 62.4 Å². The van der Waals surface area contributed by atoms with Gasteiger partial charge in [0.25, 0.3) is 0 Å². The van der Waals surface area contributed by atoms with Crippen LogP contribution in [0.1, 0.15) is 21.5 Å². The molecule has 3 rings (SSSR count). The second-order valence-corrected chi connectivity index (χ2v) is 5.75. The van der Waals surface area contributed by atoms with Crippen LogP contribution in [0.25, 0.3) is 0 Å². The number of benzene rings is 3. The molecule has 0 aliphatic rings. The molecule has 3 aromatic rings. The highest BCUT2D eigenvalue weighted by Gasteiger charge is 1.98. The number of carbonyl (C=O) groups is 1. The first-order valence-electron chi connectivity index (χ1n) is 8.01. The molecular formula is C21H25N3O2. The molecule has 3 aromatic carbocycles. The normalized spacial score (nSPS) is 9.15. The zero-order valence-corrected chi connectivity index (χ0v) is 15.0. The van der Waals surface area contributed by atoms with Crippen molar-refractivity contribution < 1.29 is 9.90 Å². The van der Waals surface area contributed by atoms with Gasteiger partial charge in [-0.15, -0.1) is 0 Å². The molecule has 0 aromatic heterocycles. The Morgan fingerprint density at radius 1 is 0.615 bits per heavy atom. The van der Waals surface area contributed by atoms with E-state index in [0.29, 0.717) is 5.69 Å². The number of nitrogen functional groups attached to an aromatic ring is 3. The van der Waals surface area contributed by atoms with Crippen molar-refractivity contribution in [2.24, 2.45) is 0 Å². The molecule has 5 nitrogen and oxygen atoms in total. The van der Waals surface area contributed by atoms with Gasteiger partial charge < -0.3 is 22.3 Å². The summed E-state index contributed by atoms with van der Waals surface area (Å²) in [7, 11) is 0. The molecule has 0 amide bonds. The fourth-order valence-corrected chi connectivity index (χ4v) is 1.76. The number of aromatic carboxylic acids is 1. The highest BCUT2D eigenvalue weighted by atomic mass is 16.4. The van der Waals surface area contributed by atoms with Crippen LogP contribution in [0.5, 0.6) is 0 Å². The predicted octanol–water partition coefficient (Wildman–Crippen LogP) is 4.12. The Balaban J connectivity index is 0.000000197. The van der Waals surface area contributed by atoms with Crippen LogP contribution < -0.4 is 17.2 Å². The summed E-state index contributed by atoms with van der Waals surface area (Å²) in [5.74, 6) is -0.931. The molecule has 0 heterocycles. The summed E-state index contributed by atoms with van der Waals surface area (Å²) in [5, 5.41) is 8.43. The summed E-state index contributed by atoms with van der Waals surface area (Å²) in [6.45, 7) is 4.08. The van der Waals surface area contributed by atoms with Crippen LogP contribution in [0.15, 0.2) is 72.8 Å². The number of carboxylic acid groups (broad SMARTS) is 1. The van der Waals surface area contributed by atoms with E-state index in [1.165, 1.54) is 23.3 Å². The molecule has 26 heavy (non-hydrogen) atoms. The predicted molar refractivity (Wildman–Crippen MR) is 109 cm³/mol. The fourth-order valence-electron chi connectivity index (χ4n) is 1.76. The van der Waals surface area contributed by atoms with Crippen molar-refractivity contribution in [1.82, 2.24) is 0 Å². The van der Waals surface area contributed by atoms with E-state index in [0.717, 1.165) is 11.4 Å². The van der Waals surface area contributed by atoms with Crippen molar-refractivity contribution in [2.75, 3.05) is 17.2 Å². The van der Waals surface area contributed by atoms with E-state index >= 15 is 0 Å². The first-order chi connectivity index (χ1) is 12.3. The number of rotatable bonds is 1. The van der Waals surface area contributed by atoms with Crippen molar-refractivity contribution in [3.63, 3.8) is 0 Å². The van der Waals surface area contributed by atoms with Gasteiger partial charge in [0.15, 0.2) is 0 Å². The van der Waals surface area contributed by atoms with E-state index in [1.54, 1.807) is 12.1 Å². The lowest BCUT2D eigenvalue weighted by Crippen LogP contribution is -1.95. The molecule has 7 N–H and O–H groups in total. The number of nitrogens with two attached hydrogens (primary N) is 3. The van der Waals surface area contributed by atoms with Crippen LogP contribution in [0.2, 0.25) is 0 Å². The van der Waals surface area contributed by atoms with Crippen LogP contribution in [0.3, 0.4) is 0 Å². The molecule has 0 radical (unpaired) electrons. The number of hydrogen-bond donors (Lipinski definition) is 4. The summed E-state index contributed by atoms with van der Waals surface area (Å²) in [4.78, 5) is 10.3. The summed E-state index contributed by atoms with van der Waals surface area (Å²) >= 11 is 0. The first-order valence-corrected chi connectivity index (χ1v) is 8.01. The van der Waals surface area contributed by atoms with E-state index in [9.17, 15) is 4.79 Å². The van der Waals surface area contributed by atoms with Gasteiger partial charge in [-0.1, -0.05) is 35.4 Å². The molecule has 0 bridgehead atoms. The maximum atomic E-state index is 10.3. The second-order valence-electron chi connectivity index (χ2n) is 5.75. The minimum absolute atomic E-state index is 0.259. The van der Waals surface area contributed by atoms with Gasteiger partial charge in [0.05, 0.1) is 5.56 Å². The Labute approximate surface area is 154 Å². The van der Waals surface area contributed by atoms with Gasteiger partial charge in [-0.3, -0.25) is 0 Å². The van der Waals surface area contributed by atoms with E-state index in [-0.39, 0.29) is 5.56 Å². The smallest absolute Gasteiger partial charge is 0.335 e. The summed E-state index contributed by atoms with van der Waals surface area (Å²) < 4.78 is 0. The third-order valence-corrected chi connectivity index (χ3v) is 3.31. The molecule has 0 unspecified atom stereocenters. The standard InChI is InChI=1S/C7H7NO2.2C7H9N/c8-6-3-1-5(2-4-6)7(9)10;2*1-6-2-4-7(8)5-3-6/h1-4H,8H2,(H,9,10);2*2-5H,8H2,1H3. The Hall–Kier alpha value is -3.47. The summed E-state index contributed by atoms with van der Waals surface area (Å²) in [6, 6.07) is 21.6. The van der Waals surface area contributed by atoms with Gasteiger partial charge >= 0.3 is 5.97 Å². The van der Waals surface area contributed by atoms with Gasteiger partial charge in [0.2, 0.25) is 0 Å². The van der Waals surface area contributed by atoms with Crippen molar-refractivity contribution in [3.05, 3.63) is 89.5 Å². The summed E-state index contributed by atoms with van der Waals surface area (Å²) in [6.07, 6.45) is 0. The van der Waals surface area contributed by atoms with Gasteiger partial charge in [0.1, 0.15) is 0 Å². The van der Waals surface area contributed by atoms with Gasteiger partial charge in [-0.2, -0.15) is 0 Å². The lowest BCUT2D eigenvalue weighted by atomic mass is 10.2. The third-order valence-electron chi connectivity index (χ3n) is 3.31. The quantitative estimate of drug-likeness (QED) is 0.492. The number of anilines is 3. The Bertz CT molecular complexity index is 711. The van der Waals surface area contributed by atoms with E-state index in [1.807, 2.05) is 62.4 Å². The Morgan fingerprint density at radius 3 is 1.12 bits per heavy atom. The SMILES string of the molecule is Cc1ccc(N)cc1.Cc1ccc(N)cc1.Nc1ccc(C(=O)O)cc1. The minimum atomic E-state index is -0.931. The molecule has 0 spiro atoms. The average molecular weight is 351 g/mol. The van der Waals surface area contributed by atoms with E-state index in [4.69, 9.17) is 22.3 Å². The maximum absolute atomic E-state index is 10.3.